The van der Waals surface area contributed by atoms with E-state index in [2.05, 4.69) is 16.9 Å². The van der Waals surface area contributed by atoms with Gasteiger partial charge in [0.25, 0.3) is 0 Å². The number of esters is 1. The molecule has 1 aliphatic heterocycles. The molecule has 0 fully saturated rings. The fourth-order valence-electron chi connectivity index (χ4n) is 3.31. The highest BCUT2D eigenvalue weighted by atomic mass is 32.2. The Hall–Kier alpha value is -2.16. The van der Waals surface area contributed by atoms with E-state index in [4.69, 9.17) is 4.74 Å². The van der Waals surface area contributed by atoms with E-state index in [1.807, 2.05) is 34.9 Å². The summed E-state index contributed by atoms with van der Waals surface area (Å²) in [6.07, 6.45) is 0.751. The van der Waals surface area contributed by atoms with Crippen molar-refractivity contribution in [1.29, 1.82) is 0 Å². The summed E-state index contributed by atoms with van der Waals surface area (Å²) in [6, 6.07) is 9.83. The third-order valence-electron chi connectivity index (χ3n) is 4.65. The van der Waals surface area contributed by atoms with E-state index < -0.39 is 0 Å². The zero-order valence-corrected chi connectivity index (χ0v) is 17.4. The Labute approximate surface area is 171 Å². The van der Waals surface area contributed by atoms with Gasteiger partial charge in [0.05, 0.1) is 12.4 Å². The van der Waals surface area contributed by atoms with Crippen LogP contribution in [0.1, 0.15) is 17.4 Å². The number of hydrogen-bond acceptors (Lipinski definition) is 7. The van der Waals surface area contributed by atoms with Crippen LogP contribution in [0.2, 0.25) is 0 Å². The number of carbonyl (C=O) groups excluding carboxylic acids is 1. The van der Waals surface area contributed by atoms with Crippen molar-refractivity contribution in [3.63, 3.8) is 0 Å². The number of hydrogen-bond donors (Lipinski definition) is 0. The van der Waals surface area contributed by atoms with Crippen LogP contribution in [0.4, 0.5) is 0 Å². The van der Waals surface area contributed by atoms with Crippen molar-refractivity contribution in [3.8, 4) is 5.69 Å². The Kier molecular flexibility index (Phi) is 5.52. The van der Waals surface area contributed by atoms with Crippen LogP contribution in [0.15, 0.2) is 40.3 Å². The molecule has 4 rings (SSSR count). The Morgan fingerprint density at radius 2 is 2.11 bits per heavy atom. The number of rotatable bonds is 5. The van der Waals surface area contributed by atoms with Crippen molar-refractivity contribution in [2.75, 3.05) is 26.0 Å². The number of nitrogens with zero attached hydrogens (tertiary/aromatic N) is 3. The summed E-state index contributed by atoms with van der Waals surface area (Å²) in [5.74, 6) is -0.128. The third kappa shape index (κ3) is 3.59. The molecule has 2 aromatic heterocycles. The molecular formula is C20H21N3O3S2. The van der Waals surface area contributed by atoms with Crippen molar-refractivity contribution < 1.29 is 9.53 Å². The van der Waals surface area contributed by atoms with E-state index in [9.17, 15) is 9.59 Å². The first-order valence-electron chi connectivity index (χ1n) is 9.18. The highest BCUT2D eigenvalue weighted by Crippen LogP contribution is 2.32. The van der Waals surface area contributed by atoms with Gasteiger partial charge in [0.15, 0.2) is 5.16 Å². The molecule has 0 saturated heterocycles. The number of fused-ring (bicyclic) bond motifs is 2. The summed E-state index contributed by atoms with van der Waals surface area (Å²) in [6.45, 7) is 3.79. The van der Waals surface area contributed by atoms with E-state index in [0.717, 1.165) is 40.5 Å². The molecule has 0 aliphatic carbocycles. The molecular weight excluding hydrogens is 394 g/mol. The molecule has 1 aliphatic rings. The zero-order valence-electron chi connectivity index (χ0n) is 15.8. The summed E-state index contributed by atoms with van der Waals surface area (Å²) >= 11 is 2.93. The molecule has 0 spiro atoms. The van der Waals surface area contributed by atoms with Gasteiger partial charge in [-0.2, -0.15) is 0 Å². The average Bonchev–Trinajstić information content (AvgIpc) is 3.06. The second kappa shape index (κ2) is 8.06. The van der Waals surface area contributed by atoms with Crippen molar-refractivity contribution in [3.05, 3.63) is 51.0 Å². The van der Waals surface area contributed by atoms with E-state index in [1.54, 1.807) is 18.3 Å². The average molecular weight is 416 g/mol. The summed E-state index contributed by atoms with van der Waals surface area (Å²) in [5, 5.41) is 0.637. The van der Waals surface area contributed by atoms with Crippen molar-refractivity contribution in [2.24, 2.45) is 0 Å². The van der Waals surface area contributed by atoms with Crippen LogP contribution in [0.5, 0.6) is 0 Å². The van der Waals surface area contributed by atoms with Crippen molar-refractivity contribution >= 4 is 39.4 Å². The van der Waals surface area contributed by atoms with Crippen LogP contribution in [-0.4, -0.2) is 46.4 Å². The Bertz CT molecular complexity index is 1080. The molecule has 0 bridgehead atoms. The Balaban J connectivity index is 1.87. The van der Waals surface area contributed by atoms with Gasteiger partial charge in [-0.25, -0.2) is 4.98 Å². The van der Waals surface area contributed by atoms with Gasteiger partial charge < -0.3 is 9.64 Å². The molecule has 6 nitrogen and oxygen atoms in total. The number of benzene rings is 1. The minimum atomic E-state index is -0.286. The molecule has 0 N–H and O–H groups in total. The van der Waals surface area contributed by atoms with Gasteiger partial charge in [-0.15, -0.1) is 11.3 Å². The van der Waals surface area contributed by atoms with E-state index >= 15 is 0 Å². The smallest absolute Gasteiger partial charge is 0.316 e. The van der Waals surface area contributed by atoms with Crippen molar-refractivity contribution in [1.82, 2.24) is 14.5 Å². The first-order valence-corrected chi connectivity index (χ1v) is 11.0. The highest BCUT2D eigenvalue weighted by molar-refractivity contribution is 7.99. The molecule has 1 aromatic carbocycles. The molecule has 3 heterocycles. The monoisotopic (exact) mass is 415 g/mol. The summed E-state index contributed by atoms with van der Waals surface area (Å²) in [4.78, 5) is 33.8. The van der Waals surface area contributed by atoms with Crippen LogP contribution in [-0.2, 0) is 22.5 Å². The maximum atomic E-state index is 13.1. The normalized spacial score (nSPS) is 14.2. The van der Waals surface area contributed by atoms with Crippen LogP contribution in [0, 0.1) is 0 Å². The molecule has 0 radical (unpaired) electrons. The number of carbonyl (C=O) groups is 1. The van der Waals surface area contributed by atoms with Crippen LogP contribution >= 0.6 is 23.1 Å². The second-order valence-electron chi connectivity index (χ2n) is 6.63. The quantitative estimate of drug-likeness (QED) is 0.471. The topological polar surface area (TPSA) is 64.4 Å². The minimum absolute atomic E-state index is 0.0181. The molecule has 8 heteroatoms. The Morgan fingerprint density at radius 1 is 1.32 bits per heavy atom. The van der Waals surface area contributed by atoms with E-state index in [0.29, 0.717) is 17.3 Å². The van der Waals surface area contributed by atoms with Crippen LogP contribution in [0.25, 0.3) is 16.0 Å². The van der Waals surface area contributed by atoms with Crippen LogP contribution < -0.4 is 5.43 Å². The number of imidazole rings is 1. The zero-order chi connectivity index (χ0) is 19.7. The molecule has 0 atom stereocenters. The molecule has 0 amide bonds. The number of aromatic nitrogens is 2. The fraction of sp³-hybridized carbons (Fsp3) is 0.350. The lowest BCUT2D eigenvalue weighted by atomic mass is 10.1. The summed E-state index contributed by atoms with van der Waals surface area (Å²) in [7, 11) is 2.07. The lowest BCUT2D eigenvalue weighted by molar-refractivity contribution is -0.139. The van der Waals surface area contributed by atoms with Gasteiger partial charge in [-0.3, -0.25) is 14.2 Å². The molecule has 28 heavy (non-hydrogen) atoms. The molecule has 3 aromatic rings. The van der Waals surface area contributed by atoms with Gasteiger partial charge in [0, 0.05) is 29.2 Å². The molecule has 0 unspecified atom stereocenters. The number of thioether (sulfide) groups is 1. The lowest BCUT2D eigenvalue weighted by Crippen LogP contribution is -2.30. The molecule has 0 saturated carbocycles. The number of ether oxygens (including phenoxy) is 1. The Morgan fingerprint density at radius 3 is 2.86 bits per heavy atom. The van der Waals surface area contributed by atoms with Gasteiger partial charge in [0.1, 0.15) is 10.3 Å². The van der Waals surface area contributed by atoms with Gasteiger partial charge >= 0.3 is 5.97 Å². The summed E-state index contributed by atoms with van der Waals surface area (Å²) < 4.78 is 7.02. The van der Waals surface area contributed by atoms with Crippen molar-refractivity contribution in [2.45, 2.75) is 25.0 Å². The summed E-state index contributed by atoms with van der Waals surface area (Å²) in [5.41, 5.74) is 2.32. The largest absolute Gasteiger partial charge is 0.465 e. The number of para-hydroxylation sites is 1. The fourth-order valence-corrected chi connectivity index (χ4v) is 5.54. The lowest BCUT2D eigenvalue weighted by Gasteiger charge is -2.23. The predicted molar refractivity (Wildman–Crippen MR) is 113 cm³/mol. The van der Waals surface area contributed by atoms with Crippen LogP contribution in [0.3, 0.4) is 0 Å². The van der Waals surface area contributed by atoms with E-state index in [-0.39, 0.29) is 17.2 Å². The second-order valence-corrected chi connectivity index (χ2v) is 8.66. The first kappa shape index (κ1) is 19.2. The first-order chi connectivity index (χ1) is 13.6. The highest BCUT2D eigenvalue weighted by Gasteiger charge is 2.24. The molecule has 146 valence electrons. The maximum Gasteiger partial charge on any atom is 0.316 e. The van der Waals surface area contributed by atoms with Gasteiger partial charge in [-0.1, -0.05) is 30.0 Å². The van der Waals surface area contributed by atoms with E-state index in [1.165, 1.54) is 11.8 Å². The SMILES string of the molecule is CCOC(=O)CSc1nc2c(=O)c3c(sc2n1-c1ccccc1)CN(C)CC3. The number of likely N-dealkylation sites (N-methyl/N-ethyl adjacent to an activating group) is 1. The standard InChI is InChI=1S/C20H21N3O3S2/c1-3-26-16(24)12-27-20-21-17-18(25)14-9-10-22(2)11-15(14)28-19(17)23(20)13-7-5-4-6-8-13/h4-8H,3,9-12H2,1-2H3. The van der Waals surface area contributed by atoms with Gasteiger partial charge in [-0.05, 0) is 32.5 Å². The predicted octanol–water partition coefficient (Wildman–Crippen LogP) is 3.09. The third-order valence-corrected chi connectivity index (χ3v) is 6.75. The van der Waals surface area contributed by atoms with Gasteiger partial charge in [0.2, 0.25) is 5.43 Å². The maximum absolute atomic E-state index is 13.1. The minimum Gasteiger partial charge on any atom is -0.465 e.